The van der Waals surface area contributed by atoms with E-state index in [1.807, 2.05) is 38.0 Å². The first-order chi connectivity index (χ1) is 18.1. The van der Waals surface area contributed by atoms with Crippen molar-refractivity contribution in [3.63, 3.8) is 0 Å². The van der Waals surface area contributed by atoms with Crippen LogP contribution in [0.2, 0.25) is 0 Å². The molecule has 0 aliphatic heterocycles. The van der Waals surface area contributed by atoms with Gasteiger partial charge in [-0.1, -0.05) is 12.1 Å². The van der Waals surface area contributed by atoms with Crippen LogP contribution in [0.5, 0.6) is 23.0 Å². The molecule has 0 atom stereocenters. The zero-order chi connectivity index (χ0) is 27.4. The molecule has 0 radical (unpaired) electrons. The van der Waals surface area contributed by atoms with E-state index in [-0.39, 0.29) is 45.7 Å². The zero-order valence-corrected chi connectivity index (χ0v) is 21.4. The van der Waals surface area contributed by atoms with Gasteiger partial charge in [-0.2, -0.15) is 0 Å². The fraction of sp³-hybridized carbons (Fsp3) is 0.143. The molecule has 4 aromatic carbocycles. The lowest BCUT2D eigenvalue weighted by Crippen LogP contribution is -2.07. The average molecular weight is 513 g/mol. The second-order valence-electron chi connectivity index (χ2n) is 8.94. The standard InChI is InChI=1S/C28H28N6O4/c1-33(2)19-7-11-23(27(37)15-19)31-29-21-9-5-17(13-25(21)35)18-6-10-22(26(36)14-18)30-32-24-12-8-20(34(3)4)16-28(24)38/h5-16,35-38H,1-4H3. The Morgan fingerprint density at radius 3 is 0.974 bits per heavy atom. The van der Waals surface area contributed by atoms with Crippen molar-refractivity contribution in [3.05, 3.63) is 72.8 Å². The second-order valence-corrected chi connectivity index (χ2v) is 8.94. The number of phenolic OH excluding ortho intramolecular Hbond substituents is 4. The molecule has 0 saturated carbocycles. The third-order valence-electron chi connectivity index (χ3n) is 5.77. The Kier molecular flexibility index (Phi) is 7.43. The molecule has 38 heavy (non-hydrogen) atoms. The van der Waals surface area contributed by atoms with Crippen molar-refractivity contribution in [1.29, 1.82) is 0 Å². The first-order valence-electron chi connectivity index (χ1n) is 11.6. The highest BCUT2D eigenvalue weighted by molar-refractivity contribution is 5.73. The smallest absolute Gasteiger partial charge is 0.145 e. The van der Waals surface area contributed by atoms with E-state index >= 15 is 0 Å². The lowest BCUT2D eigenvalue weighted by atomic mass is 10.0. The Morgan fingerprint density at radius 2 is 0.711 bits per heavy atom. The average Bonchev–Trinajstić information content (AvgIpc) is 2.88. The normalized spacial score (nSPS) is 11.4. The fourth-order valence-corrected chi connectivity index (χ4v) is 3.54. The van der Waals surface area contributed by atoms with Gasteiger partial charge in [0.1, 0.15) is 45.7 Å². The minimum atomic E-state index is -0.115. The highest BCUT2D eigenvalue weighted by Gasteiger charge is 2.09. The molecule has 0 spiro atoms. The molecule has 0 aromatic heterocycles. The van der Waals surface area contributed by atoms with Crippen LogP contribution >= 0.6 is 0 Å². The highest BCUT2D eigenvalue weighted by Crippen LogP contribution is 2.39. The van der Waals surface area contributed by atoms with Crippen molar-refractivity contribution in [2.75, 3.05) is 38.0 Å². The van der Waals surface area contributed by atoms with Crippen LogP contribution in [0.25, 0.3) is 11.1 Å². The third kappa shape index (κ3) is 5.81. The quantitative estimate of drug-likeness (QED) is 0.194. The Bertz CT molecular complexity index is 1420. The van der Waals surface area contributed by atoms with Crippen LogP contribution in [-0.4, -0.2) is 48.6 Å². The van der Waals surface area contributed by atoms with Crippen LogP contribution in [0.4, 0.5) is 34.1 Å². The van der Waals surface area contributed by atoms with E-state index in [1.165, 1.54) is 12.1 Å². The summed E-state index contributed by atoms with van der Waals surface area (Å²) in [4.78, 5) is 3.71. The number of benzene rings is 4. The van der Waals surface area contributed by atoms with E-state index in [2.05, 4.69) is 20.5 Å². The van der Waals surface area contributed by atoms with E-state index in [4.69, 9.17) is 0 Å². The van der Waals surface area contributed by atoms with Crippen LogP contribution in [0, 0.1) is 0 Å². The topological polar surface area (TPSA) is 137 Å². The minimum absolute atomic E-state index is 0.0236. The third-order valence-corrected chi connectivity index (χ3v) is 5.77. The molecule has 4 N–H and O–H groups in total. The van der Waals surface area contributed by atoms with Gasteiger partial charge < -0.3 is 30.2 Å². The van der Waals surface area contributed by atoms with Gasteiger partial charge in [-0.25, -0.2) is 0 Å². The van der Waals surface area contributed by atoms with E-state index in [0.29, 0.717) is 11.1 Å². The maximum atomic E-state index is 10.5. The highest BCUT2D eigenvalue weighted by atomic mass is 16.3. The van der Waals surface area contributed by atoms with Crippen molar-refractivity contribution in [2.45, 2.75) is 0 Å². The van der Waals surface area contributed by atoms with Crippen LogP contribution < -0.4 is 9.80 Å². The maximum absolute atomic E-state index is 10.5. The molecule has 0 saturated heterocycles. The monoisotopic (exact) mass is 512 g/mol. The molecule has 0 unspecified atom stereocenters. The number of nitrogens with zero attached hydrogens (tertiary/aromatic N) is 6. The summed E-state index contributed by atoms with van der Waals surface area (Å²) >= 11 is 0. The number of rotatable bonds is 7. The molecule has 4 aromatic rings. The van der Waals surface area contributed by atoms with Crippen LogP contribution in [0.1, 0.15) is 0 Å². The predicted molar refractivity (Wildman–Crippen MR) is 148 cm³/mol. The van der Waals surface area contributed by atoms with Crippen molar-refractivity contribution in [2.24, 2.45) is 20.5 Å². The van der Waals surface area contributed by atoms with Gasteiger partial charge in [-0.3, -0.25) is 0 Å². The summed E-state index contributed by atoms with van der Waals surface area (Å²) in [6.07, 6.45) is 0. The number of aromatic hydroxyl groups is 4. The number of azo groups is 2. The van der Waals surface area contributed by atoms with E-state index < -0.39 is 0 Å². The molecule has 194 valence electrons. The Balaban J connectivity index is 1.51. The van der Waals surface area contributed by atoms with E-state index in [1.54, 1.807) is 60.7 Å². The summed E-state index contributed by atoms with van der Waals surface area (Å²) in [5, 5.41) is 57.5. The maximum Gasteiger partial charge on any atom is 0.145 e. The molecule has 0 aliphatic rings. The van der Waals surface area contributed by atoms with Gasteiger partial charge >= 0.3 is 0 Å². The van der Waals surface area contributed by atoms with Crippen LogP contribution in [0.3, 0.4) is 0 Å². The number of hydrogen-bond donors (Lipinski definition) is 4. The van der Waals surface area contributed by atoms with Crippen molar-refractivity contribution >= 4 is 34.1 Å². The summed E-state index contributed by atoms with van der Waals surface area (Å²) in [6.45, 7) is 0. The summed E-state index contributed by atoms with van der Waals surface area (Å²) < 4.78 is 0. The fourth-order valence-electron chi connectivity index (χ4n) is 3.54. The van der Waals surface area contributed by atoms with E-state index in [9.17, 15) is 20.4 Å². The Morgan fingerprint density at radius 1 is 0.421 bits per heavy atom. The molecule has 4 rings (SSSR count). The largest absolute Gasteiger partial charge is 0.506 e. The van der Waals surface area contributed by atoms with E-state index in [0.717, 1.165) is 11.4 Å². The summed E-state index contributed by atoms with van der Waals surface area (Å²) in [7, 11) is 7.46. The summed E-state index contributed by atoms with van der Waals surface area (Å²) in [6, 6.07) is 19.7. The summed E-state index contributed by atoms with van der Waals surface area (Å²) in [5.74, 6) is -0.278. The van der Waals surface area contributed by atoms with Crippen molar-refractivity contribution in [3.8, 4) is 34.1 Å². The number of hydrogen-bond acceptors (Lipinski definition) is 10. The van der Waals surface area contributed by atoms with Crippen LogP contribution in [-0.2, 0) is 0 Å². The van der Waals surface area contributed by atoms with Gasteiger partial charge in [0.15, 0.2) is 0 Å². The van der Waals surface area contributed by atoms with Crippen LogP contribution in [0.15, 0.2) is 93.3 Å². The van der Waals surface area contributed by atoms with Gasteiger partial charge in [0.05, 0.1) is 0 Å². The minimum Gasteiger partial charge on any atom is -0.506 e. The van der Waals surface area contributed by atoms with Gasteiger partial charge in [0.25, 0.3) is 0 Å². The second kappa shape index (κ2) is 10.9. The first kappa shape index (κ1) is 26.0. The zero-order valence-electron chi connectivity index (χ0n) is 21.4. The SMILES string of the molecule is CN(C)c1ccc(N=Nc2ccc(-c3ccc(N=Nc4ccc(N(C)C)cc4O)c(O)c3)cc2O)c(O)c1. The molecule has 0 fully saturated rings. The van der Waals surface area contributed by atoms with Gasteiger partial charge in [-0.15, -0.1) is 20.5 Å². The predicted octanol–water partition coefficient (Wildman–Crippen LogP) is 7.14. The molecular weight excluding hydrogens is 484 g/mol. The Labute approximate surface area is 220 Å². The van der Waals surface area contributed by atoms with Gasteiger partial charge in [0.2, 0.25) is 0 Å². The van der Waals surface area contributed by atoms with Gasteiger partial charge in [0, 0.05) is 51.7 Å². The lowest BCUT2D eigenvalue weighted by molar-refractivity contribution is 0.473. The molecule has 0 aliphatic carbocycles. The molecule has 0 heterocycles. The number of anilines is 2. The first-order valence-corrected chi connectivity index (χ1v) is 11.6. The molecular formula is C28H28N6O4. The van der Waals surface area contributed by atoms with Gasteiger partial charge in [-0.05, 0) is 59.7 Å². The molecule has 10 heteroatoms. The molecule has 0 amide bonds. The lowest BCUT2D eigenvalue weighted by Gasteiger charge is -2.12. The molecule has 10 nitrogen and oxygen atoms in total. The number of phenols is 4. The molecule has 0 bridgehead atoms. The van der Waals surface area contributed by atoms with Crippen molar-refractivity contribution < 1.29 is 20.4 Å². The Hall–Kier alpha value is -5.12. The van der Waals surface area contributed by atoms with Crippen molar-refractivity contribution in [1.82, 2.24) is 0 Å². The summed E-state index contributed by atoms with van der Waals surface area (Å²) in [5.41, 5.74) is 3.90.